The third-order valence-electron chi connectivity index (χ3n) is 3.04. The number of carbonyl (C=O) groups excluding carboxylic acids is 2. The van der Waals surface area contributed by atoms with Crippen LogP contribution in [0, 0.1) is 11.8 Å². The van der Waals surface area contributed by atoms with E-state index in [1.165, 1.54) is 6.07 Å². The van der Waals surface area contributed by atoms with Crippen LogP contribution in [0.4, 0.5) is 10.6 Å². The molecule has 1 aromatic heterocycles. The number of carbonyl (C=O) groups is 2. The van der Waals surface area contributed by atoms with Gasteiger partial charge in [-0.1, -0.05) is 17.5 Å². The highest BCUT2D eigenvalue weighted by molar-refractivity contribution is 6.31. The van der Waals surface area contributed by atoms with Gasteiger partial charge in [0.1, 0.15) is 18.2 Å². The number of aromatic amines is 1. The van der Waals surface area contributed by atoms with Crippen LogP contribution in [0.5, 0.6) is 5.75 Å². The molecule has 2 aromatic rings. The van der Waals surface area contributed by atoms with Crippen molar-refractivity contribution >= 4 is 29.4 Å². The van der Waals surface area contributed by atoms with Crippen LogP contribution >= 0.6 is 11.6 Å². The molecule has 0 radical (unpaired) electrons. The monoisotopic (exact) mass is 346 g/mol. The van der Waals surface area contributed by atoms with Crippen LogP contribution in [0.3, 0.4) is 0 Å². The largest absolute Gasteiger partial charge is 0.480 e. The lowest BCUT2D eigenvalue weighted by atomic mass is 10.1. The van der Waals surface area contributed by atoms with Crippen molar-refractivity contribution < 1.29 is 14.3 Å². The number of H-pyrrole nitrogens is 1. The lowest BCUT2D eigenvalue weighted by Crippen LogP contribution is -2.22. The Morgan fingerprint density at radius 3 is 2.71 bits per heavy atom. The molecule has 0 saturated carbocycles. The van der Waals surface area contributed by atoms with Gasteiger partial charge in [-0.25, -0.2) is 4.79 Å². The Balaban J connectivity index is 2.49. The fraction of sp³-hybridized carbons (Fsp3) is 0.125. The van der Waals surface area contributed by atoms with E-state index in [-0.39, 0.29) is 18.0 Å². The average Bonchev–Trinajstić information content (AvgIpc) is 2.92. The third-order valence-corrected chi connectivity index (χ3v) is 3.27. The molecule has 0 fully saturated rings. The molecule has 3 amide bonds. The fourth-order valence-corrected chi connectivity index (χ4v) is 2.21. The van der Waals surface area contributed by atoms with Gasteiger partial charge in [-0.3, -0.25) is 10.1 Å². The number of halogens is 1. The summed E-state index contributed by atoms with van der Waals surface area (Å²) in [4.78, 5) is 25.5. The number of aromatic nitrogens is 1. The fourth-order valence-electron chi connectivity index (χ4n) is 2.04. The number of rotatable bonds is 5. The summed E-state index contributed by atoms with van der Waals surface area (Å²) in [6.07, 6.45) is 0. The summed E-state index contributed by atoms with van der Waals surface area (Å²) in [6, 6.07) is 5.66. The van der Waals surface area contributed by atoms with Crippen LogP contribution in [0.25, 0.3) is 11.3 Å². The van der Waals surface area contributed by atoms with E-state index in [0.29, 0.717) is 22.0 Å². The molecule has 0 aliphatic rings. The normalized spacial score (nSPS) is 9.75. The zero-order valence-electron chi connectivity index (χ0n) is 12.8. The average molecular weight is 347 g/mol. The summed E-state index contributed by atoms with van der Waals surface area (Å²) >= 11 is 6.04. The van der Waals surface area contributed by atoms with Crippen LogP contribution in [-0.2, 0) is 0 Å². The topological polar surface area (TPSA) is 123 Å². The number of benzene rings is 1. The molecule has 1 aromatic carbocycles. The van der Waals surface area contributed by atoms with Gasteiger partial charge in [-0.15, -0.1) is 5.92 Å². The summed E-state index contributed by atoms with van der Waals surface area (Å²) in [5.74, 6) is 5.40. The number of nitrogens with one attached hydrogen (secondary N) is 2. The first-order chi connectivity index (χ1) is 11.4. The Labute approximate surface area is 143 Å². The second-order valence-corrected chi connectivity index (χ2v) is 5.12. The maximum atomic E-state index is 11.5. The van der Waals surface area contributed by atoms with Gasteiger partial charge in [0.25, 0.3) is 5.91 Å². The molecule has 8 heteroatoms. The van der Waals surface area contributed by atoms with E-state index in [4.69, 9.17) is 27.8 Å². The second kappa shape index (κ2) is 7.44. The smallest absolute Gasteiger partial charge is 0.317 e. The zero-order chi connectivity index (χ0) is 17.7. The van der Waals surface area contributed by atoms with Gasteiger partial charge in [-0.05, 0) is 31.2 Å². The molecule has 124 valence electrons. The quantitative estimate of drug-likeness (QED) is 0.621. The van der Waals surface area contributed by atoms with Crippen molar-refractivity contribution in [3.8, 4) is 28.8 Å². The van der Waals surface area contributed by atoms with E-state index in [1.54, 1.807) is 25.1 Å². The molecule has 1 heterocycles. The molecule has 0 saturated heterocycles. The minimum Gasteiger partial charge on any atom is -0.480 e. The highest BCUT2D eigenvalue weighted by Crippen LogP contribution is 2.34. The van der Waals surface area contributed by atoms with Crippen molar-refractivity contribution in [1.82, 2.24) is 4.98 Å². The van der Waals surface area contributed by atoms with Crippen molar-refractivity contribution in [3.63, 3.8) is 0 Å². The van der Waals surface area contributed by atoms with Crippen LogP contribution in [0.1, 0.15) is 17.3 Å². The molecule has 0 aliphatic heterocycles. The molecule has 2 rings (SSSR count). The van der Waals surface area contributed by atoms with Gasteiger partial charge in [0.05, 0.1) is 11.3 Å². The summed E-state index contributed by atoms with van der Waals surface area (Å²) in [6.45, 7) is 1.90. The van der Waals surface area contributed by atoms with Crippen LogP contribution in [0.2, 0.25) is 5.02 Å². The first-order valence-corrected chi connectivity index (χ1v) is 7.21. The van der Waals surface area contributed by atoms with Gasteiger partial charge in [0.2, 0.25) is 0 Å². The Morgan fingerprint density at radius 2 is 2.08 bits per heavy atom. The lowest BCUT2D eigenvalue weighted by Gasteiger charge is -2.09. The number of ether oxygens (including phenoxy) is 1. The van der Waals surface area contributed by atoms with Crippen molar-refractivity contribution in [2.45, 2.75) is 6.92 Å². The number of hydrogen-bond donors (Lipinski definition) is 4. The Morgan fingerprint density at radius 1 is 1.33 bits per heavy atom. The van der Waals surface area contributed by atoms with Crippen molar-refractivity contribution in [2.24, 2.45) is 11.5 Å². The number of hydrogen-bond acceptors (Lipinski definition) is 3. The molecule has 24 heavy (non-hydrogen) atoms. The molecule has 0 bridgehead atoms. The molecular weight excluding hydrogens is 332 g/mol. The number of primary amides is 2. The maximum Gasteiger partial charge on any atom is 0.317 e. The van der Waals surface area contributed by atoms with Gasteiger partial charge < -0.3 is 21.2 Å². The first-order valence-electron chi connectivity index (χ1n) is 6.84. The molecule has 0 aliphatic carbocycles. The van der Waals surface area contributed by atoms with E-state index in [9.17, 15) is 9.59 Å². The van der Waals surface area contributed by atoms with Crippen molar-refractivity contribution in [1.29, 1.82) is 0 Å². The number of urea groups is 1. The molecule has 0 unspecified atom stereocenters. The number of nitrogens with two attached hydrogens (primary N) is 2. The summed E-state index contributed by atoms with van der Waals surface area (Å²) in [7, 11) is 0. The minimum absolute atomic E-state index is 0.0862. The van der Waals surface area contributed by atoms with Crippen LogP contribution in [-0.4, -0.2) is 23.5 Å². The van der Waals surface area contributed by atoms with Crippen molar-refractivity contribution in [2.75, 3.05) is 11.9 Å². The second-order valence-electron chi connectivity index (χ2n) is 4.68. The van der Waals surface area contributed by atoms with Crippen LogP contribution in [0.15, 0.2) is 24.3 Å². The predicted molar refractivity (Wildman–Crippen MR) is 91.9 cm³/mol. The molecule has 0 spiro atoms. The molecule has 0 atom stereocenters. The lowest BCUT2D eigenvalue weighted by molar-refractivity contribution is 0.100. The number of anilines is 1. The minimum atomic E-state index is -0.827. The van der Waals surface area contributed by atoms with E-state index in [2.05, 4.69) is 22.1 Å². The summed E-state index contributed by atoms with van der Waals surface area (Å²) < 4.78 is 5.60. The Kier molecular flexibility index (Phi) is 5.35. The standard InChI is InChI=1S/C16H15ClN4O3/c1-2-3-6-24-13-5-4-9(17)7-10(13)12-8-11(14(18)22)15(20-12)21-16(19)23/h4-5,7-8,20H,6H2,1H3,(H2,18,22)(H3,19,21,23). The van der Waals surface area contributed by atoms with E-state index < -0.39 is 11.9 Å². The van der Waals surface area contributed by atoms with Gasteiger partial charge in [0.15, 0.2) is 0 Å². The van der Waals surface area contributed by atoms with Gasteiger partial charge in [-0.2, -0.15) is 0 Å². The van der Waals surface area contributed by atoms with Crippen molar-refractivity contribution in [3.05, 3.63) is 34.9 Å². The van der Waals surface area contributed by atoms with E-state index in [1.807, 2.05) is 0 Å². The summed E-state index contributed by atoms with van der Waals surface area (Å²) in [5.41, 5.74) is 11.6. The predicted octanol–water partition coefficient (Wildman–Crippen LogP) is 2.33. The molecule has 7 nitrogen and oxygen atoms in total. The number of amides is 3. The van der Waals surface area contributed by atoms with Gasteiger partial charge in [0, 0.05) is 10.6 Å². The molecule has 6 N–H and O–H groups in total. The summed E-state index contributed by atoms with van der Waals surface area (Å²) in [5, 5.41) is 2.79. The van der Waals surface area contributed by atoms with E-state index in [0.717, 1.165) is 0 Å². The SMILES string of the molecule is CC#CCOc1ccc(Cl)cc1-c1cc(C(N)=O)c(NC(N)=O)[nH]1. The Hall–Kier alpha value is -3.11. The maximum absolute atomic E-state index is 11.5. The highest BCUT2D eigenvalue weighted by Gasteiger charge is 2.17. The highest BCUT2D eigenvalue weighted by atomic mass is 35.5. The molecular formula is C16H15ClN4O3. The van der Waals surface area contributed by atoms with Gasteiger partial charge >= 0.3 is 6.03 Å². The van der Waals surface area contributed by atoms with Crippen LogP contribution < -0.4 is 21.5 Å². The first kappa shape index (κ1) is 17.2. The Bertz CT molecular complexity index is 849. The van der Waals surface area contributed by atoms with E-state index >= 15 is 0 Å². The third kappa shape index (κ3) is 4.00. The zero-order valence-corrected chi connectivity index (χ0v) is 13.5.